The highest BCUT2D eigenvalue weighted by Crippen LogP contribution is 2.30. The summed E-state index contributed by atoms with van der Waals surface area (Å²) in [6, 6.07) is 5.97. The summed E-state index contributed by atoms with van der Waals surface area (Å²) in [5.41, 5.74) is 2.35. The van der Waals surface area contributed by atoms with Crippen molar-refractivity contribution in [2.45, 2.75) is 37.4 Å². The fourth-order valence-corrected chi connectivity index (χ4v) is 2.98. The minimum Gasteiger partial charge on any atom is -0.312 e. The molecule has 0 bridgehead atoms. The van der Waals surface area contributed by atoms with Crippen LogP contribution in [-0.2, 0) is 13.6 Å². The van der Waals surface area contributed by atoms with Crippen LogP contribution in [0.3, 0.4) is 0 Å². The van der Waals surface area contributed by atoms with Crippen LogP contribution < -0.4 is 5.32 Å². The van der Waals surface area contributed by atoms with Gasteiger partial charge in [-0.05, 0) is 31.5 Å². The standard InChI is InChI=1S/C15H22N4S/c1-11(2)9-16-10-13-12(3)18-19(4)15(13)20-14-7-5-6-8-17-14/h5-8,11,16H,9-10H2,1-4H3. The van der Waals surface area contributed by atoms with Crippen molar-refractivity contribution in [3.8, 4) is 0 Å². The van der Waals surface area contributed by atoms with Crippen LogP contribution in [0.4, 0.5) is 0 Å². The van der Waals surface area contributed by atoms with Crippen molar-refractivity contribution >= 4 is 11.8 Å². The van der Waals surface area contributed by atoms with E-state index in [4.69, 9.17) is 0 Å². The zero-order valence-electron chi connectivity index (χ0n) is 12.6. The van der Waals surface area contributed by atoms with E-state index in [1.54, 1.807) is 11.8 Å². The van der Waals surface area contributed by atoms with Crippen molar-refractivity contribution in [1.29, 1.82) is 0 Å². The second-order valence-electron chi connectivity index (χ2n) is 5.29. The van der Waals surface area contributed by atoms with E-state index in [9.17, 15) is 0 Å². The number of hydrogen-bond donors (Lipinski definition) is 1. The maximum absolute atomic E-state index is 4.53. The molecule has 0 saturated heterocycles. The molecule has 1 N–H and O–H groups in total. The summed E-state index contributed by atoms with van der Waals surface area (Å²) in [4.78, 5) is 4.38. The Morgan fingerprint density at radius 3 is 2.80 bits per heavy atom. The second-order valence-corrected chi connectivity index (χ2v) is 6.30. The fourth-order valence-electron chi connectivity index (χ4n) is 2.00. The van der Waals surface area contributed by atoms with Crippen LogP contribution in [0.15, 0.2) is 34.4 Å². The first-order valence-electron chi connectivity index (χ1n) is 6.90. The Labute approximate surface area is 125 Å². The molecule has 5 heteroatoms. The largest absolute Gasteiger partial charge is 0.312 e. The fraction of sp³-hybridized carbons (Fsp3) is 0.467. The molecular weight excluding hydrogens is 268 g/mol. The van der Waals surface area contributed by atoms with Crippen molar-refractivity contribution < 1.29 is 0 Å². The van der Waals surface area contributed by atoms with Crippen molar-refractivity contribution in [3.05, 3.63) is 35.7 Å². The highest BCUT2D eigenvalue weighted by molar-refractivity contribution is 7.99. The van der Waals surface area contributed by atoms with Crippen LogP contribution in [0, 0.1) is 12.8 Å². The Hall–Kier alpha value is -1.33. The third kappa shape index (κ3) is 3.84. The molecule has 2 heterocycles. The molecule has 0 atom stereocenters. The predicted octanol–water partition coefficient (Wildman–Crippen LogP) is 3.02. The van der Waals surface area contributed by atoms with E-state index >= 15 is 0 Å². The highest BCUT2D eigenvalue weighted by Gasteiger charge is 2.14. The molecule has 0 aliphatic heterocycles. The summed E-state index contributed by atoms with van der Waals surface area (Å²) >= 11 is 1.67. The van der Waals surface area contributed by atoms with E-state index in [0.29, 0.717) is 5.92 Å². The highest BCUT2D eigenvalue weighted by atomic mass is 32.2. The average Bonchev–Trinajstić information content (AvgIpc) is 2.66. The number of hydrogen-bond acceptors (Lipinski definition) is 4. The van der Waals surface area contributed by atoms with Crippen molar-refractivity contribution in [2.75, 3.05) is 6.54 Å². The first kappa shape index (κ1) is 15.1. The number of rotatable bonds is 6. The Kier molecular flexibility index (Phi) is 5.20. The molecule has 0 aliphatic rings. The summed E-state index contributed by atoms with van der Waals surface area (Å²) in [6.45, 7) is 8.36. The van der Waals surface area contributed by atoms with Gasteiger partial charge < -0.3 is 5.32 Å². The number of nitrogens with one attached hydrogen (secondary N) is 1. The zero-order valence-corrected chi connectivity index (χ0v) is 13.4. The van der Waals surface area contributed by atoms with Gasteiger partial charge in [-0.2, -0.15) is 5.10 Å². The van der Waals surface area contributed by atoms with Gasteiger partial charge in [0.2, 0.25) is 0 Å². The van der Waals surface area contributed by atoms with Crippen LogP contribution in [0.5, 0.6) is 0 Å². The van der Waals surface area contributed by atoms with E-state index < -0.39 is 0 Å². The molecule has 0 aliphatic carbocycles. The number of nitrogens with zero attached hydrogens (tertiary/aromatic N) is 3. The first-order valence-corrected chi connectivity index (χ1v) is 7.71. The van der Waals surface area contributed by atoms with Gasteiger partial charge in [0.1, 0.15) is 10.1 Å². The molecule has 0 aromatic carbocycles. The third-order valence-electron chi connectivity index (χ3n) is 2.98. The van der Waals surface area contributed by atoms with Crippen LogP contribution in [-0.4, -0.2) is 21.3 Å². The number of aromatic nitrogens is 3. The smallest absolute Gasteiger partial charge is 0.105 e. The molecule has 0 fully saturated rings. The zero-order chi connectivity index (χ0) is 14.5. The van der Waals surface area contributed by atoms with Gasteiger partial charge in [0.05, 0.1) is 5.69 Å². The minimum absolute atomic E-state index is 0.652. The molecule has 4 nitrogen and oxygen atoms in total. The summed E-state index contributed by atoms with van der Waals surface area (Å²) in [5, 5.41) is 10.2. The lowest BCUT2D eigenvalue weighted by molar-refractivity contribution is 0.548. The maximum Gasteiger partial charge on any atom is 0.105 e. The Morgan fingerprint density at radius 1 is 1.35 bits per heavy atom. The van der Waals surface area contributed by atoms with Crippen LogP contribution in [0.25, 0.3) is 0 Å². The normalized spacial score (nSPS) is 11.2. The molecule has 0 spiro atoms. The van der Waals surface area contributed by atoms with Gasteiger partial charge in [0.25, 0.3) is 0 Å². The lowest BCUT2D eigenvalue weighted by Crippen LogP contribution is -2.19. The molecule has 0 unspecified atom stereocenters. The summed E-state index contributed by atoms with van der Waals surface area (Å²) < 4.78 is 1.95. The van der Waals surface area contributed by atoms with Gasteiger partial charge in [-0.3, -0.25) is 4.68 Å². The van der Waals surface area contributed by atoms with E-state index in [2.05, 4.69) is 36.2 Å². The van der Waals surface area contributed by atoms with E-state index in [1.165, 1.54) is 5.56 Å². The Balaban J connectivity index is 2.15. The maximum atomic E-state index is 4.53. The van der Waals surface area contributed by atoms with E-state index in [-0.39, 0.29) is 0 Å². The van der Waals surface area contributed by atoms with Crippen LogP contribution >= 0.6 is 11.8 Å². The molecular formula is C15H22N4S. The molecule has 2 aromatic rings. The molecule has 0 radical (unpaired) electrons. The number of aryl methyl sites for hydroxylation is 2. The second kappa shape index (κ2) is 6.90. The van der Waals surface area contributed by atoms with Crippen molar-refractivity contribution in [1.82, 2.24) is 20.1 Å². The van der Waals surface area contributed by atoms with Crippen LogP contribution in [0.2, 0.25) is 0 Å². The molecule has 108 valence electrons. The van der Waals surface area contributed by atoms with Gasteiger partial charge in [0.15, 0.2) is 0 Å². The molecule has 2 aromatic heterocycles. The van der Waals surface area contributed by atoms with Gasteiger partial charge in [0, 0.05) is 25.4 Å². The number of pyridine rings is 1. The lowest BCUT2D eigenvalue weighted by atomic mass is 10.2. The lowest BCUT2D eigenvalue weighted by Gasteiger charge is -2.09. The SMILES string of the molecule is Cc1nn(C)c(Sc2ccccn2)c1CNCC(C)C. The molecule has 0 saturated carbocycles. The van der Waals surface area contributed by atoms with Gasteiger partial charge in [-0.25, -0.2) is 4.98 Å². The third-order valence-corrected chi connectivity index (χ3v) is 4.14. The quantitative estimate of drug-likeness (QED) is 0.888. The molecule has 0 amide bonds. The van der Waals surface area contributed by atoms with Crippen LogP contribution in [0.1, 0.15) is 25.1 Å². The predicted molar refractivity (Wildman–Crippen MR) is 82.8 cm³/mol. The monoisotopic (exact) mass is 290 g/mol. The van der Waals surface area contributed by atoms with Gasteiger partial charge in [-0.15, -0.1) is 0 Å². The van der Waals surface area contributed by atoms with E-state index in [0.717, 1.165) is 28.8 Å². The molecule has 20 heavy (non-hydrogen) atoms. The summed E-state index contributed by atoms with van der Waals surface area (Å²) in [6.07, 6.45) is 1.82. The topological polar surface area (TPSA) is 42.7 Å². The van der Waals surface area contributed by atoms with Gasteiger partial charge >= 0.3 is 0 Å². The summed E-state index contributed by atoms with van der Waals surface area (Å²) in [7, 11) is 1.99. The first-order chi connectivity index (χ1) is 9.58. The van der Waals surface area contributed by atoms with E-state index in [1.807, 2.05) is 36.1 Å². The molecule has 2 rings (SSSR count). The Bertz CT molecular complexity index is 549. The van der Waals surface area contributed by atoms with Gasteiger partial charge in [-0.1, -0.05) is 31.7 Å². The van der Waals surface area contributed by atoms with Crippen molar-refractivity contribution in [2.24, 2.45) is 13.0 Å². The van der Waals surface area contributed by atoms with Crippen molar-refractivity contribution in [3.63, 3.8) is 0 Å². The minimum atomic E-state index is 0.652. The average molecular weight is 290 g/mol. The summed E-state index contributed by atoms with van der Waals surface area (Å²) in [5.74, 6) is 0.652. The Morgan fingerprint density at radius 2 is 2.15 bits per heavy atom.